The van der Waals surface area contributed by atoms with Crippen LogP contribution in [0.25, 0.3) is 10.2 Å². The number of aromatic nitrogens is 2. The standard InChI is InChI=1S/C21H25N3O2S/c1-4-6-12-24-14-22-19-17(20(24)25)15(3)18(27-19)21(26)23(5-2)13-16-10-8-7-9-11-16/h7-11,14H,4-6,12-13H2,1-3H3. The average molecular weight is 384 g/mol. The lowest BCUT2D eigenvalue weighted by atomic mass is 10.1. The molecule has 0 aliphatic rings. The van der Waals surface area contributed by atoms with Crippen LogP contribution < -0.4 is 5.56 Å². The number of hydrogen-bond acceptors (Lipinski definition) is 4. The summed E-state index contributed by atoms with van der Waals surface area (Å²) in [7, 11) is 0. The van der Waals surface area contributed by atoms with Crippen molar-refractivity contribution in [2.24, 2.45) is 0 Å². The third-order valence-electron chi connectivity index (χ3n) is 4.75. The van der Waals surface area contributed by atoms with Crippen LogP contribution in [0.1, 0.15) is 47.5 Å². The lowest BCUT2D eigenvalue weighted by Crippen LogP contribution is -2.30. The van der Waals surface area contributed by atoms with Crippen molar-refractivity contribution in [2.45, 2.75) is 46.7 Å². The lowest BCUT2D eigenvalue weighted by Gasteiger charge is -2.20. The maximum Gasteiger partial charge on any atom is 0.264 e. The third kappa shape index (κ3) is 3.95. The van der Waals surface area contributed by atoms with E-state index in [9.17, 15) is 9.59 Å². The van der Waals surface area contributed by atoms with E-state index in [0.717, 1.165) is 24.0 Å². The van der Waals surface area contributed by atoms with E-state index in [-0.39, 0.29) is 11.5 Å². The zero-order valence-corrected chi connectivity index (χ0v) is 16.9. The van der Waals surface area contributed by atoms with Gasteiger partial charge in [-0.2, -0.15) is 0 Å². The van der Waals surface area contributed by atoms with E-state index >= 15 is 0 Å². The SMILES string of the molecule is CCCCn1cnc2sc(C(=O)N(CC)Cc3ccccc3)c(C)c2c1=O. The van der Waals surface area contributed by atoms with Crippen LogP contribution in [-0.2, 0) is 13.1 Å². The molecule has 0 atom stereocenters. The molecule has 142 valence electrons. The Bertz CT molecular complexity index is 992. The van der Waals surface area contributed by atoms with Crippen LogP contribution in [0.4, 0.5) is 0 Å². The molecule has 3 rings (SSSR count). The van der Waals surface area contributed by atoms with Gasteiger partial charge in [0.1, 0.15) is 4.83 Å². The number of carbonyl (C=O) groups excluding carboxylic acids is 1. The summed E-state index contributed by atoms with van der Waals surface area (Å²) in [6.07, 6.45) is 3.55. The molecule has 1 aromatic carbocycles. The highest BCUT2D eigenvalue weighted by Gasteiger charge is 2.23. The first-order chi connectivity index (χ1) is 13.1. The molecule has 0 N–H and O–H groups in total. The monoisotopic (exact) mass is 383 g/mol. The highest BCUT2D eigenvalue weighted by atomic mass is 32.1. The van der Waals surface area contributed by atoms with Crippen LogP contribution in [0.3, 0.4) is 0 Å². The third-order valence-corrected chi connectivity index (χ3v) is 5.94. The molecule has 0 saturated heterocycles. The molecule has 1 amide bonds. The zero-order chi connectivity index (χ0) is 19.4. The Morgan fingerprint density at radius 3 is 2.63 bits per heavy atom. The van der Waals surface area contributed by atoms with Crippen molar-refractivity contribution in [1.82, 2.24) is 14.5 Å². The van der Waals surface area contributed by atoms with Crippen LogP contribution in [0.2, 0.25) is 0 Å². The second-order valence-corrected chi connectivity index (χ2v) is 7.64. The summed E-state index contributed by atoms with van der Waals surface area (Å²) in [4.78, 5) is 33.5. The van der Waals surface area contributed by atoms with Crippen molar-refractivity contribution in [3.8, 4) is 0 Å². The van der Waals surface area contributed by atoms with Crippen LogP contribution >= 0.6 is 11.3 Å². The summed E-state index contributed by atoms with van der Waals surface area (Å²) in [5.74, 6) is -0.0404. The van der Waals surface area contributed by atoms with Gasteiger partial charge in [-0.1, -0.05) is 43.7 Å². The Morgan fingerprint density at radius 2 is 1.96 bits per heavy atom. The summed E-state index contributed by atoms with van der Waals surface area (Å²) in [5, 5.41) is 0.581. The van der Waals surface area contributed by atoms with Crippen molar-refractivity contribution in [3.05, 3.63) is 63.0 Å². The molecule has 0 saturated carbocycles. The van der Waals surface area contributed by atoms with E-state index in [0.29, 0.717) is 34.7 Å². The predicted molar refractivity (Wildman–Crippen MR) is 110 cm³/mol. The molecule has 0 aliphatic heterocycles. The lowest BCUT2D eigenvalue weighted by molar-refractivity contribution is 0.0757. The van der Waals surface area contributed by atoms with E-state index < -0.39 is 0 Å². The number of fused-ring (bicyclic) bond motifs is 1. The Morgan fingerprint density at radius 1 is 1.22 bits per heavy atom. The Kier molecular flexibility index (Phi) is 6.06. The Hall–Kier alpha value is -2.47. The molecule has 3 aromatic rings. The molecule has 27 heavy (non-hydrogen) atoms. The van der Waals surface area contributed by atoms with Gasteiger partial charge in [-0.15, -0.1) is 11.3 Å². The average Bonchev–Trinajstić information content (AvgIpc) is 3.03. The summed E-state index contributed by atoms with van der Waals surface area (Å²) in [5.41, 5.74) is 1.79. The van der Waals surface area contributed by atoms with Crippen molar-refractivity contribution in [1.29, 1.82) is 0 Å². The fourth-order valence-corrected chi connectivity index (χ4v) is 4.23. The number of aryl methyl sites for hydroxylation is 2. The largest absolute Gasteiger partial charge is 0.334 e. The number of hydrogen-bond donors (Lipinski definition) is 0. The smallest absolute Gasteiger partial charge is 0.264 e. The maximum absolute atomic E-state index is 13.1. The van der Waals surface area contributed by atoms with Crippen molar-refractivity contribution < 1.29 is 4.79 Å². The fourth-order valence-electron chi connectivity index (χ4n) is 3.13. The second kappa shape index (κ2) is 8.48. The number of carbonyl (C=O) groups is 1. The quantitative estimate of drug-likeness (QED) is 0.613. The van der Waals surface area contributed by atoms with Gasteiger partial charge in [-0.05, 0) is 31.4 Å². The number of rotatable bonds is 7. The van der Waals surface area contributed by atoms with Crippen LogP contribution in [0.15, 0.2) is 41.5 Å². The minimum absolute atomic E-state index is 0.0404. The summed E-state index contributed by atoms with van der Waals surface area (Å²) in [6, 6.07) is 9.94. The van der Waals surface area contributed by atoms with Crippen molar-refractivity contribution in [2.75, 3.05) is 6.54 Å². The molecule has 0 fully saturated rings. The number of amides is 1. The van der Waals surface area contributed by atoms with Crippen molar-refractivity contribution >= 4 is 27.5 Å². The fraction of sp³-hybridized carbons (Fsp3) is 0.381. The van der Waals surface area contributed by atoms with Gasteiger partial charge >= 0.3 is 0 Å². The van der Waals surface area contributed by atoms with Crippen molar-refractivity contribution in [3.63, 3.8) is 0 Å². The number of benzene rings is 1. The molecule has 0 spiro atoms. The van der Waals surface area contributed by atoms with E-state index in [1.807, 2.05) is 49.1 Å². The number of thiophene rings is 1. The molecule has 0 bridgehead atoms. The van der Waals surface area contributed by atoms with Gasteiger partial charge in [0, 0.05) is 19.6 Å². The molecular weight excluding hydrogens is 358 g/mol. The van der Waals surface area contributed by atoms with Gasteiger partial charge in [0.25, 0.3) is 11.5 Å². The topological polar surface area (TPSA) is 55.2 Å². The molecule has 2 heterocycles. The van der Waals surface area contributed by atoms with Gasteiger partial charge in [0.15, 0.2) is 0 Å². The molecule has 0 radical (unpaired) electrons. The minimum Gasteiger partial charge on any atom is -0.334 e. The molecular formula is C21H25N3O2S. The van der Waals surface area contributed by atoms with Crippen LogP contribution in [0, 0.1) is 6.92 Å². The first-order valence-electron chi connectivity index (χ1n) is 9.38. The summed E-state index contributed by atoms with van der Waals surface area (Å²) < 4.78 is 1.65. The molecule has 5 nitrogen and oxygen atoms in total. The summed E-state index contributed by atoms with van der Waals surface area (Å²) in [6.45, 7) is 7.74. The Labute approximate surface area is 163 Å². The van der Waals surface area contributed by atoms with Crippen LogP contribution in [0.5, 0.6) is 0 Å². The van der Waals surface area contributed by atoms with Gasteiger partial charge in [-0.25, -0.2) is 4.98 Å². The van der Waals surface area contributed by atoms with Gasteiger partial charge < -0.3 is 4.90 Å². The maximum atomic E-state index is 13.1. The van der Waals surface area contributed by atoms with Gasteiger partial charge in [0.2, 0.25) is 0 Å². The van der Waals surface area contributed by atoms with E-state index in [4.69, 9.17) is 0 Å². The Balaban J connectivity index is 1.95. The minimum atomic E-state index is -0.0487. The normalized spacial score (nSPS) is 11.1. The highest BCUT2D eigenvalue weighted by molar-refractivity contribution is 7.20. The first-order valence-corrected chi connectivity index (χ1v) is 10.2. The zero-order valence-electron chi connectivity index (χ0n) is 16.1. The molecule has 2 aromatic heterocycles. The van der Waals surface area contributed by atoms with Gasteiger partial charge in [0.05, 0.1) is 16.6 Å². The first kappa shape index (κ1) is 19.3. The van der Waals surface area contributed by atoms with E-state index in [1.54, 1.807) is 10.9 Å². The predicted octanol–water partition coefficient (Wildman–Crippen LogP) is 4.23. The van der Waals surface area contributed by atoms with E-state index in [1.165, 1.54) is 11.3 Å². The highest BCUT2D eigenvalue weighted by Crippen LogP contribution is 2.28. The number of unbranched alkanes of at least 4 members (excludes halogenated alkanes) is 1. The summed E-state index contributed by atoms with van der Waals surface area (Å²) >= 11 is 1.32. The molecule has 0 unspecified atom stereocenters. The van der Waals surface area contributed by atoms with Crippen LogP contribution in [-0.4, -0.2) is 26.9 Å². The molecule has 6 heteroatoms. The number of nitrogens with zero attached hydrogens (tertiary/aromatic N) is 3. The second-order valence-electron chi connectivity index (χ2n) is 6.64. The van der Waals surface area contributed by atoms with E-state index in [2.05, 4.69) is 11.9 Å². The molecule has 0 aliphatic carbocycles. The van der Waals surface area contributed by atoms with Gasteiger partial charge in [-0.3, -0.25) is 14.2 Å².